The van der Waals surface area contributed by atoms with Crippen LogP contribution < -0.4 is 10.9 Å². The Morgan fingerprint density at radius 1 is 1.43 bits per heavy atom. The smallest absolute Gasteiger partial charge is 0.412 e. The van der Waals surface area contributed by atoms with Gasteiger partial charge in [-0.05, 0) is 52.2 Å². The number of anilines is 1. The van der Waals surface area contributed by atoms with Gasteiger partial charge in [0.2, 0.25) is 0 Å². The predicted octanol–water partition coefficient (Wildman–Crippen LogP) is 3.45. The number of rotatable bonds is 2. The first kappa shape index (κ1) is 17.1. The average molecular weight is 317 g/mol. The summed E-state index contributed by atoms with van der Waals surface area (Å²) in [6, 6.07) is 5.58. The van der Waals surface area contributed by atoms with Crippen LogP contribution >= 0.6 is 0 Å². The molecule has 0 radical (unpaired) electrons. The maximum absolute atomic E-state index is 12.6. The van der Waals surface area contributed by atoms with Crippen molar-refractivity contribution in [2.75, 3.05) is 5.32 Å². The number of carbonyl (C=O) groups is 1. The fraction of sp³-hybridized carbons (Fsp3) is 0.588. The number of carbonyl (C=O) groups excluding carboxylic acids is 1. The highest BCUT2D eigenvalue weighted by Gasteiger charge is 2.24. The van der Waals surface area contributed by atoms with E-state index in [1.807, 2.05) is 0 Å². The normalized spacial score (nSPS) is 21.3. The summed E-state index contributed by atoms with van der Waals surface area (Å²) in [6.07, 6.45) is 4.43. The van der Waals surface area contributed by atoms with Gasteiger partial charge >= 0.3 is 6.09 Å². The molecule has 1 saturated carbocycles. The van der Waals surface area contributed by atoms with Gasteiger partial charge in [-0.25, -0.2) is 4.79 Å². The van der Waals surface area contributed by atoms with Crippen LogP contribution in [0.5, 0.6) is 0 Å². The number of nitrogens with zero attached hydrogens (tertiary/aromatic N) is 2. The summed E-state index contributed by atoms with van der Waals surface area (Å²) in [5.74, 6) is -0.0110. The van der Waals surface area contributed by atoms with Gasteiger partial charge in [0, 0.05) is 18.2 Å². The fourth-order valence-electron chi connectivity index (χ4n) is 2.84. The third-order valence-electron chi connectivity index (χ3n) is 3.83. The second kappa shape index (κ2) is 6.86. The Hall–Kier alpha value is -2.29. The highest BCUT2D eigenvalue weighted by Crippen LogP contribution is 2.31. The van der Waals surface area contributed by atoms with E-state index in [9.17, 15) is 9.59 Å². The average Bonchev–Trinajstić information content (AvgIpc) is 2.47. The summed E-state index contributed by atoms with van der Waals surface area (Å²) < 4.78 is 6.80. The lowest BCUT2D eigenvalue weighted by Gasteiger charge is -2.27. The Morgan fingerprint density at radius 3 is 2.83 bits per heavy atom. The number of nitrogens with one attached hydrogen (secondary N) is 1. The lowest BCUT2D eigenvalue weighted by atomic mass is 9.86. The molecule has 2 rings (SSSR count). The van der Waals surface area contributed by atoms with Crippen LogP contribution in [0.3, 0.4) is 0 Å². The number of aromatic nitrogens is 1. The van der Waals surface area contributed by atoms with E-state index in [1.165, 1.54) is 0 Å². The van der Waals surface area contributed by atoms with Gasteiger partial charge in [0.25, 0.3) is 5.56 Å². The molecule has 2 atom stereocenters. The molecule has 6 nitrogen and oxygen atoms in total. The first-order valence-electron chi connectivity index (χ1n) is 7.91. The van der Waals surface area contributed by atoms with E-state index >= 15 is 0 Å². The Bertz CT molecular complexity index is 667. The Kier molecular flexibility index (Phi) is 5.09. The molecule has 0 saturated heterocycles. The summed E-state index contributed by atoms with van der Waals surface area (Å²) >= 11 is 0. The quantitative estimate of drug-likeness (QED) is 0.905. The molecule has 23 heavy (non-hydrogen) atoms. The first-order valence-corrected chi connectivity index (χ1v) is 7.91. The van der Waals surface area contributed by atoms with Crippen LogP contribution in [0.2, 0.25) is 0 Å². The van der Waals surface area contributed by atoms with E-state index in [1.54, 1.807) is 43.7 Å². The summed E-state index contributed by atoms with van der Waals surface area (Å²) in [5, 5.41) is 11.6. The van der Waals surface area contributed by atoms with Crippen molar-refractivity contribution >= 4 is 11.8 Å². The summed E-state index contributed by atoms with van der Waals surface area (Å²) in [4.78, 5) is 24.4. The van der Waals surface area contributed by atoms with Gasteiger partial charge in [-0.2, -0.15) is 5.26 Å². The van der Waals surface area contributed by atoms with Crippen molar-refractivity contribution in [1.82, 2.24) is 4.57 Å². The van der Waals surface area contributed by atoms with Crippen LogP contribution in [0.25, 0.3) is 0 Å². The van der Waals surface area contributed by atoms with Crippen molar-refractivity contribution in [1.29, 1.82) is 5.26 Å². The van der Waals surface area contributed by atoms with Crippen molar-refractivity contribution in [2.24, 2.45) is 5.92 Å². The molecule has 1 N–H and O–H groups in total. The second-order valence-electron chi connectivity index (χ2n) is 6.91. The van der Waals surface area contributed by atoms with Crippen LogP contribution in [0, 0.1) is 17.2 Å². The highest BCUT2D eigenvalue weighted by atomic mass is 16.6. The molecule has 0 aliphatic heterocycles. The minimum Gasteiger partial charge on any atom is -0.444 e. The maximum Gasteiger partial charge on any atom is 0.412 e. The Morgan fingerprint density at radius 2 is 2.17 bits per heavy atom. The van der Waals surface area contributed by atoms with Crippen molar-refractivity contribution < 1.29 is 9.53 Å². The fourth-order valence-corrected chi connectivity index (χ4v) is 2.84. The van der Waals surface area contributed by atoms with Gasteiger partial charge in [-0.1, -0.05) is 6.42 Å². The molecular weight excluding hydrogens is 294 g/mol. The zero-order valence-corrected chi connectivity index (χ0v) is 13.8. The zero-order chi connectivity index (χ0) is 17.0. The van der Waals surface area contributed by atoms with Crippen LogP contribution in [0.15, 0.2) is 23.1 Å². The molecule has 1 amide bonds. The molecule has 0 aromatic carbocycles. The van der Waals surface area contributed by atoms with Gasteiger partial charge in [0.1, 0.15) is 11.3 Å². The van der Waals surface area contributed by atoms with Crippen molar-refractivity contribution in [3.63, 3.8) is 0 Å². The minimum absolute atomic E-state index is 0.00119. The number of pyridine rings is 1. The van der Waals surface area contributed by atoms with Crippen molar-refractivity contribution in [3.05, 3.63) is 28.7 Å². The summed E-state index contributed by atoms with van der Waals surface area (Å²) in [5.41, 5.74) is -0.691. The number of hydrogen-bond donors (Lipinski definition) is 1. The molecule has 1 aromatic rings. The number of amides is 1. The largest absolute Gasteiger partial charge is 0.444 e. The Labute approximate surface area is 136 Å². The van der Waals surface area contributed by atoms with Crippen LogP contribution in [0.4, 0.5) is 10.5 Å². The zero-order valence-electron chi connectivity index (χ0n) is 13.8. The van der Waals surface area contributed by atoms with E-state index in [2.05, 4.69) is 11.4 Å². The van der Waals surface area contributed by atoms with Crippen LogP contribution in [0.1, 0.15) is 52.5 Å². The molecule has 1 fully saturated rings. The monoisotopic (exact) mass is 317 g/mol. The highest BCUT2D eigenvalue weighted by molar-refractivity contribution is 5.84. The van der Waals surface area contributed by atoms with Gasteiger partial charge in [0.05, 0.1) is 6.07 Å². The van der Waals surface area contributed by atoms with Gasteiger partial charge in [-0.15, -0.1) is 0 Å². The molecular formula is C17H23N3O3. The molecule has 1 aliphatic rings. The number of hydrogen-bond acceptors (Lipinski definition) is 4. The summed E-state index contributed by atoms with van der Waals surface area (Å²) in [6.45, 7) is 5.29. The van der Waals surface area contributed by atoms with Crippen molar-refractivity contribution in [3.8, 4) is 6.07 Å². The van der Waals surface area contributed by atoms with Gasteiger partial charge in [0.15, 0.2) is 0 Å². The van der Waals surface area contributed by atoms with Crippen LogP contribution in [-0.4, -0.2) is 16.3 Å². The lowest BCUT2D eigenvalue weighted by molar-refractivity contribution is 0.0635. The van der Waals surface area contributed by atoms with Gasteiger partial charge in [-0.3, -0.25) is 10.1 Å². The van der Waals surface area contributed by atoms with E-state index < -0.39 is 11.7 Å². The maximum atomic E-state index is 12.6. The second-order valence-corrected chi connectivity index (χ2v) is 6.91. The lowest BCUT2D eigenvalue weighted by Crippen LogP contribution is -2.33. The van der Waals surface area contributed by atoms with Gasteiger partial charge < -0.3 is 9.30 Å². The van der Waals surface area contributed by atoms with Crippen molar-refractivity contribution in [2.45, 2.75) is 58.1 Å². The third-order valence-corrected chi connectivity index (χ3v) is 3.83. The molecule has 2 unspecified atom stereocenters. The van der Waals surface area contributed by atoms with E-state index in [-0.39, 0.29) is 23.2 Å². The third kappa shape index (κ3) is 4.59. The molecule has 6 heteroatoms. The SMILES string of the molecule is CC(C)(C)OC(=O)Nc1cccn(C2CCCC(C#N)C2)c1=O. The molecule has 0 spiro atoms. The van der Waals surface area contributed by atoms with E-state index in [0.717, 1.165) is 19.3 Å². The standard InChI is InChI=1S/C17H23N3O3/c1-17(2,3)23-16(22)19-14-8-5-9-20(15(14)21)13-7-4-6-12(10-13)11-18/h5,8-9,12-13H,4,6-7,10H2,1-3H3,(H,19,22). The van der Waals surface area contributed by atoms with E-state index in [0.29, 0.717) is 6.42 Å². The van der Waals surface area contributed by atoms with Crippen LogP contribution in [-0.2, 0) is 4.74 Å². The van der Waals surface area contributed by atoms with E-state index in [4.69, 9.17) is 10.00 Å². The molecule has 1 heterocycles. The number of ether oxygens (including phenoxy) is 1. The molecule has 1 aliphatic carbocycles. The molecule has 0 bridgehead atoms. The minimum atomic E-state index is -0.647. The summed E-state index contributed by atoms with van der Waals surface area (Å²) in [7, 11) is 0. The Balaban J connectivity index is 2.17. The molecule has 124 valence electrons. The topological polar surface area (TPSA) is 84.1 Å². The number of nitriles is 1. The first-order chi connectivity index (χ1) is 10.8. The molecule has 1 aromatic heterocycles. The predicted molar refractivity (Wildman–Crippen MR) is 87.2 cm³/mol.